The van der Waals surface area contributed by atoms with Crippen LogP contribution in [0, 0.1) is 6.92 Å². The predicted octanol–water partition coefficient (Wildman–Crippen LogP) is 4.55. The summed E-state index contributed by atoms with van der Waals surface area (Å²) >= 11 is 0.984. The molecule has 0 atom stereocenters. The summed E-state index contributed by atoms with van der Waals surface area (Å²) in [6, 6.07) is 4.96. The first-order chi connectivity index (χ1) is 13.5. The van der Waals surface area contributed by atoms with Crippen molar-refractivity contribution in [2.24, 2.45) is 0 Å². The number of rotatable bonds is 3. The SMILES string of the molecule is Cc1cc(NC(=O)N(C)c2cc3oc(=O)c(C(=O)O)cc3s2)cc(C(F)(F)F)c1. The van der Waals surface area contributed by atoms with E-state index >= 15 is 0 Å². The number of carbonyl (C=O) groups excluding carboxylic acids is 1. The molecule has 3 aromatic rings. The number of benzene rings is 1. The van der Waals surface area contributed by atoms with Gasteiger partial charge in [0.05, 0.1) is 10.3 Å². The number of halogens is 3. The highest BCUT2D eigenvalue weighted by molar-refractivity contribution is 7.22. The summed E-state index contributed by atoms with van der Waals surface area (Å²) in [6.45, 7) is 1.47. The minimum absolute atomic E-state index is 0.0324. The van der Waals surface area contributed by atoms with Gasteiger partial charge in [0.1, 0.15) is 10.6 Å². The van der Waals surface area contributed by atoms with Gasteiger partial charge in [0.15, 0.2) is 5.58 Å². The van der Waals surface area contributed by atoms with Gasteiger partial charge in [-0.15, -0.1) is 11.3 Å². The van der Waals surface area contributed by atoms with Crippen LogP contribution < -0.4 is 15.8 Å². The molecule has 1 aromatic carbocycles. The molecule has 0 radical (unpaired) electrons. The number of carboxylic acids is 1. The number of hydrogen-bond acceptors (Lipinski definition) is 5. The van der Waals surface area contributed by atoms with Gasteiger partial charge in [0.25, 0.3) is 0 Å². The van der Waals surface area contributed by atoms with Gasteiger partial charge < -0.3 is 14.8 Å². The zero-order valence-electron chi connectivity index (χ0n) is 15.0. The maximum atomic E-state index is 12.9. The summed E-state index contributed by atoms with van der Waals surface area (Å²) in [5.74, 6) is -1.44. The number of urea groups is 1. The Labute approximate surface area is 165 Å². The van der Waals surface area contributed by atoms with Gasteiger partial charge in [-0.3, -0.25) is 4.90 Å². The molecule has 29 heavy (non-hydrogen) atoms. The molecule has 0 unspecified atom stereocenters. The van der Waals surface area contributed by atoms with Crippen molar-refractivity contribution in [2.45, 2.75) is 13.1 Å². The smallest absolute Gasteiger partial charge is 0.416 e. The lowest BCUT2D eigenvalue weighted by molar-refractivity contribution is -0.137. The van der Waals surface area contributed by atoms with Crippen LogP contribution >= 0.6 is 11.3 Å². The van der Waals surface area contributed by atoms with E-state index in [1.165, 1.54) is 26.1 Å². The van der Waals surface area contributed by atoms with Crippen molar-refractivity contribution in [3.05, 3.63) is 57.4 Å². The number of thiophene rings is 1. The molecular formula is C18H13F3N2O5S. The van der Waals surface area contributed by atoms with Crippen molar-refractivity contribution >= 4 is 44.3 Å². The van der Waals surface area contributed by atoms with Crippen LogP contribution in [0.25, 0.3) is 10.3 Å². The summed E-state index contributed by atoms with van der Waals surface area (Å²) < 4.78 is 44.1. The number of aryl methyl sites for hydroxylation is 1. The van der Waals surface area contributed by atoms with Crippen LogP contribution in [0.15, 0.2) is 39.5 Å². The molecule has 0 saturated heterocycles. The van der Waals surface area contributed by atoms with Crippen LogP contribution in [0.2, 0.25) is 0 Å². The van der Waals surface area contributed by atoms with E-state index in [2.05, 4.69) is 5.32 Å². The highest BCUT2D eigenvalue weighted by atomic mass is 32.1. The van der Waals surface area contributed by atoms with Crippen LogP contribution in [0.1, 0.15) is 21.5 Å². The molecule has 2 N–H and O–H groups in total. The molecule has 0 aliphatic carbocycles. The van der Waals surface area contributed by atoms with Crippen LogP contribution in [0.4, 0.5) is 28.7 Å². The van der Waals surface area contributed by atoms with Gasteiger partial charge in [-0.05, 0) is 36.8 Å². The van der Waals surface area contributed by atoms with Crippen molar-refractivity contribution in [3.8, 4) is 0 Å². The number of nitrogens with one attached hydrogen (secondary N) is 1. The molecular weight excluding hydrogens is 413 g/mol. The predicted molar refractivity (Wildman–Crippen MR) is 101 cm³/mol. The van der Waals surface area contributed by atoms with E-state index in [-0.39, 0.29) is 11.3 Å². The number of hydrogen-bond donors (Lipinski definition) is 2. The van der Waals surface area contributed by atoms with Gasteiger partial charge in [-0.2, -0.15) is 13.2 Å². The number of fused-ring (bicyclic) bond motifs is 1. The lowest BCUT2D eigenvalue weighted by Gasteiger charge is -2.17. The van der Waals surface area contributed by atoms with Crippen LogP contribution in [0.3, 0.4) is 0 Å². The third-order valence-corrected chi connectivity index (χ3v) is 5.07. The normalized spacial score (nSPS) is 11.5. The maximum absolute atomic E-state index is 12.9. The minimum Gasteiger partial charge on any atom is -0.477 e. The summed E-state index contributed by atoms with van der Waals surface area (Å²) in [4.78, 5) is 36.2. The van der Waals surface area contributed by atoms with Crippen LogP contribution in [-0.4, -0.2) is 24.2 Å². The molecule has 11 heteroatoms. The summed E-state index contributed by atoms with van der Waals surface area (Å²) in [5.41, 5.74) is -2.08. The largest absolute Gasteiger partial charge is 0.477 e. The number of anilines is 2. The Hall–Kier alpha value is -3.34. The van der Waals surface area contributed by atoms with Gasteiger partial charge in [-0.1, -0.05) is 0 Å². The first-order valence-electron chi connectivity index (χ1n) is 8.00. The number of nitrogens with zero attached hydrogens (tertiary/aromatic N) is 1. The van der Waals surface area contributed by atoms with E-state index in [1.807, 2.05) is 0 Å². The van der Waals surface area contributed by atoms with Gasteiger partial charge >= 0.3 is 23.8 Å². The Bertz CT molecular complexity index is 1180. The molecule has 7 nitrogen and oxygen atoms in total. The molecule has 3 rings (SSSR count). The highest BCUT2D eigenvalue weighted by Crippen LogP contribution is 2.34. The van der Waals surface area contributed by atoms with E-state index in [4.69, 9.17) is 9.52 Å². The Morgan fingerprint density at radius 3 is 2.48 bits per heavy atom. The van der Waals surface area contributed by atoms with Crippen molar-refractivity contribution in [3.63, 3.8) is 0 Å². The average Bonchev–Trinajstić information content (AvgIpc) is 3.01. The second-order valence-corrected chi connectivity index (χ2v) is 7.20. The number of alkyl halides is 3. The standard InChI is InChI=1S/C18H13F3N2O5S/c1-8-3-9(18(19,20)21)5-10(4-8)22-17(27)23(2)14-7-12-13(29-14)6-11(15(24)25)16(26)28-12/h3-7H,1-2H3,(H,22,27)(H,24,25). The van der Waals surface area contributed by atoms with E-state index < -0.39 is 34.9 Å². The summed E-state index contributed by atoms with van der Waals surface area (Å²) in [6.07, 6.45) is -4.55. The fraction of sp³-hybridized carbons (Fsp3) is 0.167. The fourth-order valence-electron chi connectivity index (χ4n) is 2.54. The fourth-order valence-corrected chi connectivity index (χ4v) is 3.53. The monoisotopic (exact) mass is 426 g/mol. The molecule has 2 aromatic heterocycles. The van der Waals surface area contributed by atoms with Crippen LogP contribution in [0.5, 0.6) is 0 Å². The van der Waals surface area contributed by atoms with E-state index in [0.29, 0.717) is 15.3 Å². The summed E-state index contributed by atoms with van der Waals surface area (Å²) in [5, 5.41) is 11.7. The van der Waals surface area contributed by atoms with Gasteiger partial charge in [-0.25, -0.2) is 14.4 Å². The maximum Gasteiger partial charge on any atom is 0.416 e. The molecule has 0 aliphatic rings. The van der Waals surface area contributed by atoms with Gasteiger partial charge in [0, 0.05) is 18.8 Å². The van der Waals surface area contributed by atoms with Crippen LogP contribution in [-0.2, 0) is 6.18 Å². The molecule has 2 amide bonds. The third kappa shape index (κ3) is 4.24. The Morgan fingerprint density at radius 2 is 1.86 bits per heavy atom. The van der Waals surface area contributed by atoms with E-state index in [9.17, 15) is 27.6 Å². The van der Waals surface area contributed by atoms with Crippen molar-refractivity contribution in [2.75, 3.05) is 17.3 Å². The van der Waals surface area contributed by atoms with Gasteiger partial charge in [0.2, 0.25) is 0 Å². The Balaban J connectivity index is 1.88. The lowest BCUT2D eigenvalue weighted by atomic mass is 10.1. The molecule has 152 valence electrons. The average molecular weight is 426 g/mol. The number of carboxylic acid groups (broad SMARTS) is 1. The minimum atomic E-state index is -4.55. The molecule has 0 aliphatic heterocycles. The zero-order chi connectivity index (χ0) is 21.5. The number of aromatic carboxylic acids is 1. The lowest BCUT2D eigenvalue weighted by Crippen LogP contribution is -2.30. The van der Waals surface area contributed by atoms with E-state index in [0.717, 1.165) is 34.4 Å². The Morgan fingerprint density at radius 1 is 1.17 bits per heavy atom. The Kier molecular flexibility index (Phi) is 5.09. The second kappa shape index (κ2) is 7.24. The summed E-state index contributed by atoms with van der Waals surface area (Å²) in [7, 11) is 1.37. The highest BCUT2D eigenvalue weighted by Gasteiger charge is 2.31. The molecule has 2 heterocycles. The van der Waals surface area contributed by atoms with Crippen molar-refractivity contribution in [1.82, 2.24) is 0 Å². The second-order valence-electron chi connectivity index (χ2n) is 6.14. The molecule has 0 fully saturated rings. The first kappa shape index (κ1) is 20.4. The quantitative estimate of drug-likeness (QED) is 0.640. The zero-order valence-corrected chi connectivity index (χ0v) is 15.8. The third-order valence-electron chi connectivity index (χ3n) is 3.93. The number of amides is 2. The number of carbonyl (C=O) groups is 2. The van der Waals surface area contributed by atoms with Crippen molar-refractivity contribution in [1.29, 1.82) is 0 Å². The topological polar surface area (TPSA) is 99.9 Å². The molecule has 0 spiro atoms. The molecule has 0 bridgehead atoms. The molecule has 0 saturated carbocycles. The van der Waals surface area contributed by atoms with Crippen molar-refractivity contribution < 1.29 is 32.3 Å². The first-order valence-corrected chi connectivity index (χ1v) is 8.82. The van der Waals surface area contributed by atoms with E-state index in [1.54, 1.807) is 0 Å².